The molecular weight excluding hydrogens is 707 g/mol. The molecule has 274 valence electrons. The zero-order valence-electron chi connectivity index (χ0n) is 33.0. The van der Waals surface area contributed by atoms with Crippen molar-refractivity contribution in [2.75, 3.05) is 4.90 Å². The van der Waals surface area contributed by atoms with Crippen LogP contribution in [0.25, 0.3) is 74.7 Å². The summed E-state index contributed by atoms with van der Waals surface area (Å²) in [6.07, 6.45) is 0. The number of fused-ring (bicyclic) bond motifs is 10. The molecule has 0 unspecified atom stereocenters. The van der Waals surface area contributed by atoms with E-state index in [0.29, 0.717) is 0 Å². The molecule has 1 aromatic heterocycles. The van der Waals surface area contributed by atoms with Gasteiger partial charge in [-0.25, -0.2) is 0 Å². The standard InChI is InChI=1S/C55H43NS/c1-54(2,3)44-30-32-47(40-20-11-10-19-39(40)44)56(36-27-29-45-43(33-36)51-37-17-8-6-15-34(37)25-28-46(51)55(45,4)5)48-31-26-35-16-7-9-18-38(35)52(48)42-22-14-24-50-53(42)41-21-12-13-23-49(41)57-50/h6-33H,1-5H3. The summed E-state index contributed by atoms with van der Waals surface area (Å²) in [6.45, 7) is 11.7. The molecule has 10 aromatic rings. The Kier molecular flexibility index (Phi) is 7.40. The molecule has 0 aliphatic heterocycles. The Morgan fingerprint density at radius 2 is 1.05 bits per heavy atom. The lowest BCUT2D eigenvalue weighted by Crippen LogP contribution is -2.16. The molecule has 0 N–H and O–H groups in total. The van der Waals surface area contributed by atoms with Gasteiger partial charge in [0.1, 0.15) is 0 Å². The molecule has 0 fully saturated rings. The van der Waals surface area contributed by atoms with Gasteiger partial charge in [0.2, 0.25) is 0 Å². The molecule has 0 saturated carbocycles. The van der Waals surface area contributed by atoms with Gasteiger partial charge in [0.15, 0.2) is 0 Å². The van der Waals surface area contributed by atoms with Gasteiger partial charge in [-0.15, -0.1) is 11.3 Å². The van der Waals surface area contributed by atoms with Crippen molar-refractivity contribution in [3.05, 3.63) is 187 Å². The third-order valence-corrected chi connectivity index (χ3v) is 13.7. The Morgan fingerprint density at radius 3 is 1.81 bits per heavy atom. The second kappa shape index (κ2) is 12.4. The minimum Gasteiger partial charge on any atom is -0.309 e. The summed E-state index contributed by atoms with van der Waals surface area (Å²) in [6, 6.07) is 64.0. The summed E-state index contributed by atoms with van der Waals surface area (Å²) < 4.78 is 2.62. The summed E-state index contributed by atoms with van der Waals surface area (Å²) in [7, 11) is 0. The third-order valence-electron chi connectivity index (χ3n) is 12.6. The highest BCUT2D eigenvalue weighted by Crippen LogP contribution is 2.55. The Morgan fingerprint density at radius 1 is 0.456 bits per heavy atom. The number of benzene rings is 9. The van der Waals surface area contributed by atoms with Gasteiger partial charge in [-0.3, -0.25) is 0 Å². The maximum atomic E-state index is 2.57. The highest BCUT2D eigenvalue weighted by atomic mass is 32.1. The molecule has 0 saturated heterocycles. The molecular formula is C55H43NS. The van der Waals surface area contributed by atoms with Crippen LogP contribution in [0.1, 0.15) is 51.3 Å². The van der Waals surface area contributed by atoms with Crippen LogP contribution < -0.4 is 4.90 Å². The molecule has 11 rings (SSSR count). The van der Waals surface area contributed by atoms with E-state index >= 15 is 0 Å². The minimum atomic E-state index is -0.122. The predicted molar refractivity (Wildman–Crippen MR) is 248 cm³/mol. The molecule has 0 atom stereocenters. The van der Waals surface area contributed by atoms with E-state index in [1.54, 1.807) is 0 Å². The Balaban J connectivity index is 1.27. The normalized spacial score (nSPS) is 13.5. The molecule has 2 heteroatoms. The maximum absolute atomic E-state index is 2.57. The summed E-state index contributed by atoms with van der Waals surface area (Å²) in [5, 5.41) is 10.2. The van der Waals surface area contributed by atoms with Crippen LogP contribution in [0.2, 0.25) is 0 Å². The smallest absolute Gasteiger partial charge is 0.0546 e. The lowest BCUT2D eigenvalue weighted by atomic mass is 9.82. The fourth-order valence-corrected chi connectivity index (χ4v) is 11.0. The third kappa shape index (κ3) is 5.07. The monoisotopic (exact) mass is 749 g/mol. The SMILES string of the molecule is CC(C)(C)c1ccc(N(c2ccc3c(c2)-c2c(ccc4ccccc24)C3(C)C)c2ccc3ccccc3c2-c2cccc3sc4ccccc4c23)c2ccccc12. The predicted octanol–water partition coefficient (Wildman–Crippen LogP) is 16.3. The number of anilines is 3. The molecule has 57 heavy (non-hydrogen) atoms. The summed E-state index contributed by atoms with van der Waals surface area (Å²) in [4.78, 5) is 2.57. The van der Waals surface area contributed by atoms with Crippen molar-refractivity contribution in [1.82, 2.24) is 0 Å². The molecule has 1 heterocycles. The van der Waals surface area contributed by atoms with Gasteiger partial charge in [-0.05, 0) is 102 Å². The Hall–Kier alpha value is -6.22. The topological polar surface area (TPSA) is 3.24 Å². The highest BCUT2D eigenvalue weighted by Gasteiger charge is 2.37. The second-order valence-electron chi connectivity index (χ2n) is 17.3. The molecule has 1 aliphatic carbocycles. The van der Waals surface area contributed by atoms with Crippen LogP contribution in [0.15, 0.2) is 170 Å². The van der Waals surface area contributed by atoms with Crippen LogP contribution in [0.4, 0.5) is 17.1 Å². The van der Waals surface area contributed by atoms with Gasteiger partial charge in [0.25, 0.3) is 0 Å². The Labute approximate surface area is 338 Å². The summed E-state index contributed by atoms with van der Waals surface area (Å²) >= 11 is 1.88. The first-order valence-corrected chi connectivity index (χ1v) is 20.9. The van der Waals surface area contributed by atoms with E-state index in [4.69, 9.17) is 0 Å². The summed E-state index contributed by atoms with van der Waals surface area (Å²) in [5.41, 5.74) is 12.7. The van der Waals surface area contributed by atoms with Crippen molar-refractivity contribution >= 4 is 80.9 Å². The van der Waals surface area contributed by atoms with Crippen LogP contribution >= 0.6 is 11.3 Å². The van der Waals surface area contributed by atoms with Crippen LogP contribution in [0.3, 0.4) is 0 Å². The van der Waals surface area contributed by atoms with Crippen molar-refractivity contribution in [3.8, 4) is 22.3 Å². The van der Waals surface area contributed by atoms with Gasteiger partial charge in [0, 0.05) is 42.2 Å². The van der Waals surface area contributed by atoms with E-state index < -0.39 is 0 Å². The van der Waals surface area contributed by atoms with E-state index in [2.05, 4.69) is 209 Å². The average molecular weight is 750 g/mol. The van der Waals surface area contributed by atoms with Gasteiger partial charge in [-0.2, -0.15) is 0 Å². The van der Waals surface area contributed by atoms with Crippen molar-refractivity contribution in [2.24, 2.45) is 0 Å². The number of nitrogens with zero attached hydrogens (tertiary/aromatic N) is 1. The average Bonchev–Trinajstić information content (AvgIpc) is 3.72. The van der Waals surface area contributed by atoms with Crippen LogP contribution in [-0.4, -0.2) is 0 Å². The molecule has 0 amide bonds. The first-order valence-electron chi connectivity index (χ1n) is 20.1. The number of rotatable bonds is 4. The lowest BCUT2D eigenvalue weighted by molar-refractivity contribution is 0.596. The zero-order chi connectivity index (χ0) is 38.6. The quantitative estimate of drug-likeness (QED) is 0.173. The van der Waals surface area contributed by atoms with Crippen molar-refractivity contribution in [1.29, 1.82) is 0 Å². The maximum Gasteiger partial charge on any atom is 0.0546 e. The van der Waals surface area contributed by atoms with Crippen LogP contribution in [0, 0.1) is 0 Å². The first kappa shape index (κ1) is 34.1. The fourth-order valence-electron chi connectivity index (χ4n) is 9.90. The van der Waals surface area contributed by atoms with Gasteiger partial charge in [0.05, 0.1) is 11.4 Å². The Bertz CT molecular complexity index is 3260. The van der Waals surface area contributed by atoms with Crippen LogP contribution in [0.5, 0.6) is 0 Å². The van der Waals surface area contributed by atoms with E-state index in [9.17, 15) is 0 Å². The first-order chi connectivity index (χ1) is 27.7. The minimum absolute atomic E-state index is 0.0172. The lowest BCUT2D eigenvalue weighted by Gasteiger charge is -2.32. The fraction of sp³-hybridized carbons (Fsp3) is 0.127. The second-order valence-corrected chi connectivity index (χ2v) is 18.4. The van der Waals surface area contributed by atoms with E-state index in [0.717, 1.165) is 5.69 Å². The molecule has 1 aliphatic rings. The largest absolute Gasteiger partial charge is 0.309 e. The van der Waals surface area contributed by atoms with Crippen LogP contribution in [-0.2, 0) is 10.8 Å². The number of thiophene rings is 1. The van der Waals surface area contributed by atoms with E-state index in [1.165, 1.54) is 103 Å². The molecule has 0 bridgehead atoms. The van der Waals surface area contributed by atoms with Gasteiger partial charge >= 0.3 is 0 Å². The summed E-state index contributed by atoms with van der Waals surface area (Å²) in [5.74, 6) is 0. The molecule has 0 spiro atoms. The molecule has 9 aromatic carbocycles. The van der Waals surface area contributed by atoms with Gasteiger partial charge in [-0.1, -0.05) is 168 Å². The molecule has 0 radical (unpaired) electrons. The number of hydrogen-bond donors (Lipinski definition) is 0. The van der Waals surface area contributed by atoms with Crippen molar-refractivity contribution in [2.45, 2.75) is 45.4 Å². The molecule has 1 nitrogen and oxygen atoms in total. The van der Waals surface area contributed by atoms with Gasteiger partial charge < -0.3 is 4.90 Å². The van der Waals surface area contributed by atoms with E-state index in [-0.39, 0.29) is 10.8 Å². The van der Waals surface area contributed by atoms with Crippen molar-refractivity contribution < 1.29 is 0 Å². The zero-order valence-corrected chi connectivity index (χ0v) is 33.8. The highest BCUT2D eigenvalue weighted by molar-refractivity contribution is 7.25. The number of hydrogen-bond acceptors (Lipinski definition) is 2. The van der Waals surface area contributed by atoms with E-state index in [1.807, 2.05) is 11.3 Å². The van der Waals surface area contributed by atoms with Crippen molar-refractivity contribution in [3.63, 3.8) is 0 Å².